The lowest BCUT2D eigenvalue weighted by atomic mass is 9.93. The van der Waals surface area contributed by atoms with Crippen LogP contribution in [0.5, 0.6) is 11.5 Å². The number of urea groups is 1. The van der Waals surface area contributed by atoms with Crippen LogP contribution >= 0.6 is 0 Å². The number of ether oxygens (including phenoxy) is 2. The second kappa shape index (κ2) is 15.4. The predicted octanol–water partition coefficient (Wildman–Crippen LogP) is 8.97. The molecule has 2 aromatic carbocycles. The minimum atomic E-state index is -0.481. The molecule has 2 N–H and O–H groups in total. The first-order chi connectivity index (χ1) is 21.6. The van der Waals surface area contributed by atoms with Crippen LogP contribution in [0.3, 0.4) is 0 Å². The van der Waals surface area contributed by atoms with Crippen LogP contribution in [-0.2, 0) is 13.2 Å². The second-order valence-corrected chi connectivity index (χ2v) is 12.1. The standard InChI is InChI=1S/C37H46N4O4/c1-8-9-20-41-21-18-31(32-22-28(16-17-33(32)45-26(6)7)44-23-27-13-10-11-19-38-27)35(36(41)42)40-37(43)39-34-29(24(2)3)14-12-15-30(34)25(4)5/h10-19,21-22,24-26H,8-9,20,23H2,1-7H3,(H2,39,40,43). The lowest BCUT2D eigenvalue weighted by molar-refractivity contribution is 0.242. The van der Waals surface area contributed by atoms with Gasteiger partial charge < -0.3 is 24.7 Å². The fraction of sp³-hybridized carbons (Fsp3) is 0.378. The summed E-state index contributed by atoms with van der Waals surface area (Å²) in [7, 11) is 0. The summed E-state index contributed by atoms with van der Waals surface area (Å²) in [6.07, 6.45) is 5.16. The fourth-order valence-corrected chi connectivity index (χ4v) is 5.18. The Balaban J connectivity index is 1.78. The van der Waals surface area contributed by atoms with E-state index >= 15 is 0 Å². The van der Waals surface area contributed by atoms with E-state index in [4.69, 9.17) is 9.47 Å². The van der Waals surface area contributed by atoms with Crippen LogP contribution in [0.25, 0.3) is 11.1 Å². The van der Waals surface area contributed by atoms with Crippen molar-refractivity contribution in [2.75, 3.05) is 10.6 Å². The zero-order valence-electron chi connectivity index (χ0n) is 27.5. The van der Waals surface area contributed by atoms with E-state index in [0.29, 0.717) is 29.2 Å². The van der Waals surface area contributed by atoms with Crippen molar-refractivity contribution in [1.29, 1.82) is 0 Å². The van der Waals surface area contributed by atoms with Crippen molar-refractivity contribution in [3.05, 3.63) is 100 Å². The molecule has 0 atom stereocenters. The largest absolute Gasteiger partial charge is 0.490 e. The van der Waals surface area contributed by atoms with E-state index in [9.17, 15) is 9.59 Å². The Morgan fingerprint density at radius 3 is 2.20 bits per heavy atom. The number of hydrogen-bond donors (Lipinski definition) is 2. The van der Waals surface area contributed by atoms with Crippen LogP contribution in [-0.4, -0.2) is 21.7 Å². The zero-order valence-corrected chi connectivity index (χ0v) is 27.5. The number of pyridine rings is 2. The molecule has 0 aliphatic carbocycles. The number of carbonyl (C=O) groups is 1. The first-order valence-corrected chi connectivity index (χ1v) is 15.9. The maximum Gasteiger partial charge on any atom is 0.323 e. The average Bonchev–Trinajstić information content (AvgIpc) is 3.01. The van der Waals surface area contributed by atoms with Gasteiger partial charge >= 0.3 is 6.03 Å². The highest BCUT2D eigenvalue weighted by atomic mass is 16.5. The van der Waals surface area contributed by atoms with Crippen molar-refractivity contribution < 1.29 is 14.3 Å². The maximum absolute atomic E-state index is 14.0. The smallest absolute Gasteiger partial charge is 0.323 e. The van der Waals surface area contributed by atoms with E-state index in [0.717, 1.165) is 35.3 Å². The van der Waals surface area contributed by atoms with Gasteiger partial charge in [-0.3, -0.25) is 9.78 Å². The summed E-state index contributed by atoms with van der Waals surface area (Å²) in [5.41, 5.74) is 4.72. The lowest BCUT2D eigenvalue weighted by Crippen LogP contribution is -2.29. The lowest BCUT2D eigenvalue weighted by Gasteiger charge is -2.22. The number of unbranched alkanes of at least 4 members (excludes halogenated alkanes) is 1. The molecule has 0 radical (unpaired) electrons. The molecule has 0 bridgehead atoms. The number of benzene rings is 2. The van der Waals surface area contributed by atoms with E-state index in [1.807, 2.05) is 74.5 Å². The van der Waals surface area contributed by atoms with Crippen LogP contribution < -0.4 is 25.7 Å². The van der Waals surface area contributed by atoms with Crippen molar-refractivity contribution in [2.24, 2.45) is 0 Å². The Morgan fingerprint density at radius 1 is 0.867 bits per heavy atom. The molecule has 0 saturated carbocycles. The number of aromatic nitrogens is 2. The highest BCUT2D eigenvalue weighted by molar-refractivity contribution is 6.03. The molecule has 8 nitrogen and oxygen atoms in total. The van der Waals surface area contributed by atoms with Crippen molar-refractivity contribution in [1.82, 2.24) is 9.55 Å². The second-order valence-electron chi connectivity index (χ2n) is 12.1. The summed E-state index contributed by atoms with van der Waals surface area (Å²) < 4.78 is 13.9. The number of anilines is 2. The normalized spacial score (nSPS) is 11.2. The van der Waals surface area contributed by atoms with Crippen LogP contribution in [0.15, 0.2) is 77.9 Å². The molecule has 0 unspecified atom stereocenters. The quantitative estimate of drug-likeness (QED) is 0.158. The molecule has 4 aromatic rings. The van der Waals surface area contributed by atoms with Crippen molar-refractivity contribution in [3.8, 4) is 22.6 Å². The van der Waals surface area contributed by atoms with Gasteiger partial charge in [0.25, 0.3) is 5.56 Å². The number of hydrogen-bond acceptors (Lipinski definition) is 5. The Kier molecular flexibility index (Phi) is 11.4. The molecule has 4 rings (SSSR count). The first kappa shape index (κ1) is 33.3. The summed E-state index contributed by atoms with van der Waals surface area (Å²) in [5.74, 6) is 1.56. The van der Waals surface area contributed by atoms with Gasteiger partial charge in [0.05, 0.1) is 11.8 Å². The topological polar surface area (TPSA) is 94.5 Å². The number of amides is 2. The third-order valence-corrected chi connectivity index (χ3v) is 7.48. The number of nitrogens with one attached hydrogen (secondary N) is 2. The van der Waals surface area contributed by atoms with Gasteiger partial charge in [-0.05, 0) is 79.6 Å². The maximum atomic E-state index is 14.0. The predicted molar refractivity (Wildman–Crippen MR) is 183 cm³/mol. The van der Waals surface area contributed by atoms with Gasteiger partial charge in [-0.25, -0.2) is 4.79 Å². The molecule has 0 fully saturated rings. The Bertz CT molecular complexity index is 1620. The van der Waals surface area contributed by atoms with E-state index < -0.39 is 6.03 Å². The SMILES string of the molecule is CCCCn1ccc(-c2cc(OCc3ccccn3)ccc2OC(C)C)c(NC(=O)Nc2c(C(C)C)cccc2C(C)C)c1=O. The molecule has 2 aromatic heterocycles. The highest BCUT2D eigenvalue weighted by Crippen LogP contribution is 2.38. The summed E-state index contributed by atoms with van der Waals surface area (Å²) in [6, 6.07) is 18.7. The van der Waals surface area contributed by atoms with Gasteiger partial charge in [0.2, 0.25) is 0 Å². The molecule has 0 aliphatic rings. The summed E-state index contributed by atoms with van der Waals surface area (Å²) in [4.78, 5) is 32.1. The minimum Gasteiger partial charge on any atom is -0.490 e. The van der Waals surface area contributed by atoms with E-state index in [1.165, 1.54) is 0 Å². The molecule has 238 valence electrons. The summed E-state index contributed by atoms with van der Waals surface area (Å²) >= 11 is 0. The van der Waals surface area contributed by atoms with Gasteiger partial charge in [-0.1, -0.05) is 65.3 Å². The van der Waals surface area contributed by atoms with E-state index in [1.54, 1.807) is 17.0 Å². The molecule has 2 heterocycles. The number of nitrogens with zero attached hydrogens (tertiary/aromatic N) is 2. The zero-order chi connectivity index (χ0) is 32.5. The number of rotatable bonds is 13. The molecule has 2 amide bonds. The molecular formula is C37H46N4O4. The van der Waals surface area contributed by atoms with Gasteiger partial charge in [0.1, 0.15) is 23.8 Å². The van der Waals surface area contributed by atoms with Crippen LogP contribution in [0.2, 0.25) is 0 Å². The monoisotopic (exact) mass is 610 g/mol. The van der Waals surface area contributed by atoms with Crippen molar-refractivity contribution in [2.45, 2.75) is 92.4 Å². The summed E-state index contributed by atoms with van der Waals surface area (Å²) in [5, 5.41) is 6.04. The van der Waals surface area contributed by atoms with Gasteiger partial charge in [0, 0.05) is 35.8 Å². The Labute approximate surface area is 266 Å². The van der Waals surface area contributed by atoms with Gasteiger partial charge in [-0.15, -0.1) is 0 Å². The van der Waals surface area contributed by atoms with Crippen molar-refractivity contribution in [3.63, 3.8) is 0 Å². The van der Waals surface area contributed by atoms with Crippen LogP contribution in [0, 0.1) is 0 Å². The molecule has 45 heavy (non-hydrogen) atoms. The minimum absolute atomic E-state index is 0.115. The van der Waals surface area contributed by atoms with Crippen LogP contribution in [0.4, 0.5) is 16.2 Å². The number of carbonyl (C=O) groups excluding carboxylic acids is 1. The molecular weight excluding hydrogens is 564 g/mol. The number of para-hydroxylation sites is 1. The fourth-order valence-electron chi connectivity index (χ4n) is 5.18. The molecule has 0 spiro atoms. The summed E-state index contributed by atoms with van der Waals surface area (Å²) in [6.45, 7) is 15.2. The van der Waals surface area contributed by atoms with Gasteiger partial charge in [0.15, 0.2) is 0 Å². The third-order valence-electron chi connectivity index (χ3n) is 7.48. The first-order valence-electron chi connectivity index (χ1n) is 15.9. The highest BCUT2D eigenvalue weighted by Gasteiger charge is 2.21. The van der Waals surface area contributed by atoms with Crippen molar-refractivity contribution >= 4 is 17.4 Å². The van der Waals surface area contributed by atoms with E-state index in [-0.39, 0.29) is 35.8 Å². The molecule has 8 heteroatoms. The Hall–Kier alpha value is -4.59. The van der Waals surface area contributed by atoms with Crippen LogP contribution in [0.1, 0.15) is 90.0 Å². The number of aryl methyl sites for hydroxylation is 1. The average molecular weight is 611 g/mol. The molecule has 0 aliphatic heterocycles. The third kappa shape index (κ3) is 8.53. The van der Waals surface area contributed by atoms with Gasteiger partial charge in [-0.2, -0.15) is 0 Å². The van der Waals surface area contributed by atoms with E-state index in [2.05, 4.69) is 50.2 Å². The molecule has 0 saturated heterocycles. The Morgan fingerprint density at radius 2 is 1.58 bits per heavy atom.